The molecule has 0 unspecified atom stereocenters. The molecule has 0 spiro atoms. The van der Waals surface area contributed by atoms with Crippen molar-refractivity contribution < 1.29 is 13.9 Å². The molecule has 2 aromatic carbocycles. The zero-order valence-corrected chi connectivity index (χ0v) is 20.8. The smallest absolute Gasteiger partial charge is 0.253 e. The molecule has 9 heteroatoms. The second-order valence-corrected chi connectivity index (χ2v) is 9.39. The maximum absolute atomic E-state index is 13.3. The number of rotatable bonds is 7. The quantitative estimate of drug-likeness (QED) is 0.361. The van der Waals surface area contributed by atoms with Gasteiger partial charge in [0.1, 0.15) is 17.4 Å². The highest BCUT2D eigenvalue weighted by Crippen LogP contribution is 2.27. The molecule has 4 aromatic rings. The summed E-state index contributed by atoms with van der Waals surface area (Å²) in [5, 5.41) is 7.62. The molecule has 5 rings (SSSR count). The van der Waals surface area contributed by atoms with E-state index < -0.39 is 0 Å². The van der Waals surface area contributed by atoms with E-state index in [1.165, 1.54) is 18.3 Å². The third-order valence-electron chi connectivity index (χ3n) is 6.42. The van der Waals surface area contributed by atoms with Crippen molar-refractivity contribution in [1.29, 1.82) is 0 Å². The summed E-state index contributed by atoms with van der Waals surface area (Å²) in [5.41, 5.74) is 1.36. The Bertz CT molecular complexity index is 1390. The van der Waals surface area contributed by atoms with E-state index in [4.69, 9.17) is 14.7 Å². The molecular formula is C28H29FN6O2. The standard InChI is InChI=1S/C28H29FN6O2/c1-35(2)26-23-8-3-4-9-24(23)33-28(34-26)32-21-13-11-20(12-14-21)31-27(36)18-10-15-25(30-17-18)37-22-7-5-6-19(29)16-22/h3-10,15-17,20-21H,11-14H2,1-2H3,(H,31,36)(H,32,33,34). The molecule has 1 fully saturated rings. The molecule has 1 saturated carbocycles. The first-order valence-electron chi connectivity index (χ1n) is 12.4. The number of para-hydroxylation sites is 1. The SMILES string of the molecule is CN(C)c1nc(NC2CCC(NC(=O)c3ccc(Oc4cccc(F)c4)nc3)CC2)nc2ccccc12. The first-order valence-corrected chi connectivity index (χ1v) is 12.4. The second-order valence-electron chi connectivity index (χ2n) is 9.39. The lowest BCUT2D eigenvalue weighted by Crippen LogP contribution is -2.40. The van der Waals surface area contributed by atoms with E-state index in [9.17, 15) is 9.18 Å². The number of nitrogens with zero attached hydrogens (tertiary/aromatic N) is 4. The van der Waals surface area contributed by atoms with Gasteiger partial charge < -0.3 is 20.3 Å². The van der Waals surface area contributed by atoms with Crippen LogP contribution in [-0.2, 0) is 0 Å². The Morgan fingerprint density at radius 2 is 1.76 bits per heavy atom. The second kappa shape index (κ2) is 10.8. The van der Waals surface area contributed by atoms with Gasteiger partial charge in [0, 0.05) is 49.9 Å². The zero-order valence-electron chi connectivity index (χ0n) is 20.8. The molecule has 1 amide bonds. The summed E-state index contributed by atoms with van der Waals surface area (Å²) in [6.45, 7) is 0. The maximum Gasteiger partial charge on any atom is 0.253 e. The molecule has 0 atom stereocenters. The average Bonchev–Trinajstić information content (AvgIpc) is 2.90. The van der Waals surface area contributed by atoms with Crippen LogP contribution >= 0.6 is 0 Å². The molecule has 2 N–H and O–H groups in total. The predicted molar refractivity (Wildman–Crippen MR) is 142 cm³/mol. The molecular weight excluding hydrogens is 471 g/mol. The number of benzene rings is 2. The van der Waals surface area contributed by atoms with Gasteiger partial charge in [-0.3, -0.25) is 4.79 Å². The predicted octanol–water partition coefficient (Wildman–Crippen LogP) is 5.18. The fourth-order valence-corrected chi connectivity index (χ4v) is 4.52. The van der Waals surface area contributed by atoms with Gasteiger partial charge >= 0.3 is 0 Å². The minimum absolute atomic E-state index is 0.0867. The van der Waals surface area contributed by atoms with Crippen LogP contribution in [0.4, 0.5) is 16.2 Å². The first-order chi connectivity index (χ1) is 17.9. The average molecular weight is 501 g/mol. The molecule has 37 heavy (non-hydrogen) atoms. The van der Waals surface area contributed by atoms with Gasteiger partial charge in [0.05, 0.1) is 11.1 Å². The lowest BCUT2D eigenvalue weighted by atomic mass is 9.91. The summed E-state index contributed by atoms with van der Waals surface area (Å²) in [4.78, 5) is 28.4. The zero-order chi connectivity index (χ0) is 25.8. The normalized spacial score (nSPS) is 17.3. The van der Waals surface area contributed by atoms with Crippen LogP contribution in [0.3, 0.4) is 0 Å². The fraction of sp³-hybridized carbons (Fsp3) is 0.286. The van der Waals surface area contributed by atoms with Crippen LogP contribution < -0.4 is 20.3 Å². The summed E-state index contributed by atoms with van der Waals surface area (Å²) in [6, 6.07) is 17.4. The lowest BCUT2D eigenvalue weighted by Gasteiger charge is -2.30. The molecule has 2 aromatic heterocycles. The molecule has 0 aliphatic heterocycles. The van der Waals surface area contributed by atoms with E-state index in [0.717, 1.165) is 42.4 Å². The first kappa shape index (κ1) is 24.4. The van der Waals surface area contributed by atoms with Gasteiger partial charge in [0.2, 0.25) is 11.8 Å². The Morgan fingerprint density at radius 3 is 2.49 bits per heavy atom. The number of carbonyl (C=O) groups excluding carboxylic acids is 1. The van der Waals surface area contributed by atoms with Gasteiger partial charge in [-0.25, -0.2) is 14.4 Å². The maximum atomic E-state index is 13.3. The van der Waals surface area contributed by atoms with Crippen molar-refractivity contribution in [2.45, 2.75) is 37.8 Å². The van der Waals surface area contributed by atoms with Crippen molar-refractivity contribution in [3.63, 3.8) is 0 Å². The van der Waals surface area contributed by atoms with Gasteiger partial charge in [-0.2, -0.15) is 4.98 Å². The van der Waals surface area contributed by atoms with E-state index in [1.807, 2.05) is 43.3 Å². The Morgan fingerprint density at radius 1 is 0.973 bits per heavy atom. The van der Waals surface area contributed by atoms with Crippen LogP contribution in [0.1, 0.15) is 36.0 Å². The van der Waals surface area contributed by atoms with E-state index >= 15 is 0 Å². The summed E-state index contributed by atoms with van der Waals surface area (Å²) in [5.74, 6) is 1.59. The number of hydrogen-bond donors (Lipinski definition) is 2. The molecule has 8 nitrogen and oxygen atoms in total. The summed E-state index contributed by atoms with van der Waals surface area (Å²) in [6.07, 6.45) is 4.97. The van der Waals surface area contributed by atoms with Gasteiger partial charge in [-0.15, -0.1) is 0 Å². The Labute approximate surface area is 214 Å². The number of nitrogens with one attached hydrogen (secondary N) is 2. The molecule has 0 bridgehead atoms. The minimum atomic E-state index is -0.387. The van der Waals surface area contributed by atoms with Crippen LogP contribution in [0.2, 0.25) is 0 Å². The van der Waals surface area contributed by atoms with E-state index in [2.05, 4.69) is 15.6 Å². The highest BCUT2D eigenvalue weighted by atomic mass is 19.1. The summed E-state index contributed by atoms with van der Waals surface area (Å²) < 4.78 is 18.9. The van der Waals surface area contributed by atoms with E-state index in [-0.39, 0.29) is 23.8 Å². The molecule has 0 radical (unpaired) electrons. The van der Waals surface area contributed by atoms with Crippen LogP contribution in [0.5, 0.6) is 11.6 Å². The fourth-order valence-electron chi connectivity index (χ4n) is 4.52. The van der Waals surface area contributed by atoms with Crippen molar-refractivity contribution in [1.82, 2.24) is 20.3 Å². The molecule has 0 saturated heterocycles. The number of hydrogen-bond acceptors (Lipinski definition) is 7. The third-order valence-corrected chi connectivity index (χ3v) is 6.42. The van der Waals surface area contributed by atoms with Crippen LogP contribution in [0.15, 0.2) is 66.9 Å². The van der Waals surface area contributed by atoms with Crippen molar-refractivity contribution in [3.05, 3.63) is 78.2 Å². The summed E-state index contributed by atoms with van der Waals surface area (Å²) in [7, 11) is 3.96. The Kier molecular flexibility index (Phi) is 7.11. The van der Waals surface area contributed by atoms with Gasteiger partial charge in [-0.05, 0) is 56.0 Å². The highest BCUT2D eigenvalue weighted by Gasteiger charge is 2.24. The van der Waals surface area contributed by atoms with E-state index in [1.54, 1.807) is 24.3 Å². The largest absolute Gasteiger partial charge is 0.439 e. The van der Waals surface area contributed by atoms with Gasteiger partial charge in [-0.1, -0.05) is 18.2 Å². The molecule has 2 heterocycles. The number of pyridine rings is 1. The number of ether oxygens (including phenoxy) is 1. The van der Waals surface area contributed by atoms with Crippen molar-refractivity contribution >= 4 is 28.6 Å². The minimum Gasteiger partial charge on any atom is -0.439 e. The Balaban J connectivity index is 1.14. The number of carbonyl (C=O) groups is 1. The number of anilines is 2. The van der Waals surface area contributed by atoms with Crippen molar-refractivity contribution in [2.24, 2.45) is 0 Å². The molecule has 1 aliphatic carbocycles. The molecule has 1 aliphatic rings. The van der Waals surface area contributed by atoms with Crippen molar-refractivity contribution in [3.8, 4) is 11.6 Å². The molecule has 190 valence electrons. The Hall–Kier alpha value is -4.27. The topological polar surface area (TPSA) is 92.3 Å². The van der Waals surface area contributed by atoms with Crippen molar-refractivity contribution in [2.75, 3.05) is 24.3 Å². The highest BCUT2D eigenvalue weighted by molar-refractivity contribution is 5.94. The summed E-state index contributed by atoms with van der Waals surface area (Å²) >= 11 is 0. The van der Waals surface area contributed by atoms with Crippen LogP contribution in [-0.4, -0.2) is 47.0 Å². The van der Waals surface area contributed by atoms with Gasteiger partial charge in [0.25, 0.3) is 5.91 Å². The monoisotopic (exact) mass is 500 g/mol. The number of amides is 1. The number of halogens is 1. The van der Waals surface area contributed by atoms with Gasteiger partial charge in [0.15, 0.2) is 0 Å². The number of aromatic nitrogens is 3. The number of fused-ring (bicyclic) bond motifs is 1. The van der Waals surface area contributed by atoms with E-state index in [0.29, 0.717) is 23.1 Å². The van der Waals surface area contributed by atoms with Crippen LogP contribution in [0, 0.1) is 5.82 Å². The van der Waals surface area contributed by atoms with Crippen LogP contribution in [0.25, 0.3) is 10.9 Å². The third kappa shape index (κ3) is 5.94. The lowest BCUT2D eigenvalue weighted by molar-refractivity contribution is 0.0926.